The average Bonchev–Trinajstić information content (AvgIpc) is 2.61. The van der Waals surface area contributed by atoms with Gasteiger partial charge in [-0.3, -0.25) is 0 Å². The van der Waals surface area contributed by atoms with Crippen LogP contribution in [0.15, 0.2) is 0 Å². The number of hydrogen-bond donors (Lipinski definition) is 0. The van der Waals surface area contributed by atoms with Crippen molar-refractivity contribution in [3.05, 3.63) is 0 Å². The summed E-state index contributed by atoms with van der Waals surface area (Å²) >= 11 is 0. The van der Waals surface area contributed by atoms with E-state index in [9.17, 15) is 0 Å². The van der Waals surface area contributed by atoms with Crippen molar-refractivity contribution >= 4 is 9.24 Å². The summed E-state index contributed by atoms with van der Waals surface area (Å²) in [5.74, 6) is 0. The molecule has 0 aliphatic carbocycles. The Morgan fingerprint density at radius 2 is 0.640 bits per heavy atom. The predicted octanol–water partition coefficient (Wildman–Crippen LogP) is 9.46. The van der Waals surface area contributed by atoms with Crippen LogP contribution in [0.5, 0.6) is 0 Å². The van der Waals surface area contributed by atoms with Crippen LogP contribution >= 0.6 is 9.24 Å². The number of hydrogen-bond acceptors (Lipinski definition) is 0. The normalized spacial score (nSPS) is 12.0. The van der Waals surface area contributed by atoms with Crippen molar-refractivity contribution in [3.8, 4) is 0 Å². The zero-order chi connectivity index (χ0) is 18.6. The Hall–Kier alpha value is 0.430. The lowest BCUT2D eigenvalue weighted by molar-refractivity contribution is 0.403. The molecule has 0 saturated heterocycles. The molecule has 0 bridgehead atoms. The minimum atomic E-state index is 0.557. The molecule has 0 aliphatic heterocycles. The molecule has 25 heavy (non-hydrogen) atoms. The molecule has 0 saturated carbocycles. The lowest BCUT2D eigenvalue weighted by Gasteiger charge is -2.30. The van der Waals surface area contributed by atoms with Gasteiger partial charge in [0.2, 0.25) is 0 Å². The molecule has 0 aromatic carbocycles. The minimum absolute atomic E-state index is 0.557. The molecule has 0 rings (SSSR count). The Kier molecular flexibility index (Phi) is 19.5. The van der Waals surface area contributed by atoms with Crippen molar-refractivity contribution in [2.75, 3.05) is 0 Å². The Bertz CT molecular complexity index is 234. The molecule has 0 fully saturated rings. The van der Waals surface area contributed by atoms with Crippen LogP contribution in [0, 0.1) is 0 Å². The van der Waals surface area contributed by atoms with Gasteiger partial charge in [0, 0.05) is 0 Å². The first kappa shape index (κ1) is 25.4. The maximum absolute atomic E-state index is 3.33. The zero-order valence-corrected chi connectivity index (χ0v) is 19.4. The Labute approximate surface area is 163 Å². The van der Waals surface area contributed by atoms with E-state index in [2.05, 4.69) is 30.0 Å². The lowest BCUT2D eigenvalue weighted by Crippen LogP contribution is -2.20. The van der Waals surface area contributed by atoms with Gasteiger partial charge < -0.3 is 0 Å². The molecular formula is C24H51P. The Balaban J connectivity index is 3.99. The molecule has 1 unspecified atom stereocenters. The smallest absolute Gasteiger partial charge is 0.0150 e. The second-order valence-electron chi connectivity index (χ2n) is 8.56. The summed E-state index contributed by atoms with van der Waals surface area (Å²) in [5, 5.41) is 0.557. The monoisotopic (exact) mass is 370 g/mol. The minimum Gasteiger partial charge on any atom is -0.131 e. The van der Waals surface area contributed by atoms with E-state index in [1.807, 2.05) is 0 Å². The van der Waals surface area contributed by atoms with E-state index in [0.29, 0.717) is 5.16 Å². The van der Waals surface area contributed by atoms with Crippen molar-refractivity contribution in [1.29, 1.82) is 0 Å². The Morgan fingerprint density at radius 3 is 0.920 bits per heavy atom. The molecule has 1 atom stereocenters. The molecule has 152 valence electrons. The SMILES string of the molecule is CCCCCCCCCC(P)(CCCCCCC)CCCCCCC. The van der Waals surface area contributed by atoms with Crippen molar-refractivity contribution in [2.24, 2.45) is 0 Å². The van der Waals surface area contributed by atoms with Gasteiger partial charge in [0.1, 0.15) is 0 Å². The van der Waals surface area contributed by atoms with Crippen LogP contribution in [0.4, 0.5) is 0 Å². The van der Waals surface area contributed by atoms with Gasteiger partial charge in [-0.2, -0.15) is 0 Å². The lowest BCUT2D eigenvalue weighted by atomic mass is 9.88. The van der Waals surface area contributed by atoms with Gasteiger partial charge >= 0.3 is 0 Å². The third-order valence-electron chi connectivity index (χ3n) is 5.83. The van der Waals surface area contributed by atoms with E-state index < -0.39 is 0 Å². The van der Waals surface area contributed by atoms with Crippen molar-refractivity contribution < 1.29 is 0 Å². The van der Waals surface area contributed by atoms with Crippen LogP contribution < -0.4 is 0 Å². The average molecular weight is 371 g/mol. The van der Waals surface area contributed by atoms with E-state index in [-0.39, 0.29) is 0 Å². The molecule has 1 heteroatoms. The fraction of sp³-hybridized carbons (Fsp3) is 1.00. The predicted molar refractivity (Wildman–Crippen MR) is 122 cm³/mol. The third-order valence-corrected chi connectivity index (χ3v) is 6.70. The molecule has 0 amide bonds. The first-order valence-electron chi connectivity index (χ1n) is 12.0. The third kappa shape index (κ3) is 17.6. The first-order chi connectivity index (χ1) is 12.2. The molecule has 0 spiro atoms. The van der Waals surface area contributed by atoms with Crippen LogP contribution in [0.3, 0.4) is 0 Å². The second-order valence-corrected chi connectivity index (χ2v) is 9.79. The van der Waals surface area contributed by atoms with Crippen molar-refractivity contribution in [3.63, 3.8) is 0 Å². The summed E-state index contributed by atoms with van der Waals surface area (Å²) < 4.78 is 0. The highest BCUT2D eigenvalue weighted by Gasteiger charge is 2.22. The maximum Gasteiger partial charge on any atom is -0.0150 e. The highest BCUT2D eigenvalue weighted by molar-refractivity contribution is 7.19. The largest absolute Gasteiger partial charge is 0.131 e. The molecular weight excluding hydrogens is 319 g/mol. The fourth-order valence-corrected chi connectivity index (χ4v) is 4.58. The highest BCUT2D eigenvalue weighted by Crippen LogP contribution is 2.37. The van der Waals surface area contributed by atoms with Crippen LogP contribution in [-0.2, 0) is 0 Å². The summed E-state index contributed by atoms with van der Waals surface area (Å²) in [4.78, 5) is 0. The Morgan fingerprint density at radius 1 is 0.400 bits per heavy atom. The van der Waals surface area contributed by atoms with Gasteiger partial charge in [0.15, 0.2) is 0 Å². The molecule has 0 aromatic rings. The van der Waals surface area contributed by atoms with Crippen LogP contribution in [-0.4, -0.2) is 5.16 Å². The number of rotatable bonds is 20. The highest BCUT2D eigenvalue weighted by atomic mass is 31.0. The van der Waals surface area contributed by atoms with E-state index >= 15 is 0 Å². The molecule has 0 heterocycles. The van der Waals surface area contributed by atoms with Crippen LogP contribution in [0.1, 0.15) is 149 Å². The summed E-state index contributed by atoms with van der Waals surface area (Å²) in [6, 6.07) is 0. The fourth-order valence-electron chi connectivity index (χ4n) is 3.97. The van der Waals surface area contributed by atoms with E-state index in [4.69, 9.17) is 0 Å². The standard InChI is InChI=1S/C24H51P/c1-4-7-10-13-14-17-20-23-24(25,21-18-15-11-8-5-2)22-19-16-12-9-6-3/h4-23,25H2,1-3H3. The maximum atomic E-state index is 3.33. The first-order valence-corrected chi connectivity index (χ1v) is 12.5. The quantitative estimate of drug-likeness (QED) is 0.148. The van der Waals surface area contributed by atoms with Gasteiger partial charge in [-0.15, -0.1) is 9.24 Å². The second kappa shape index (κ2) is 19.2. The molecule has 0 N–H and O–H groups in total. The van der Waals surface area contributed by atoms with Gasteiger partial charge in [0.05, 0.1) is 0 Å². The van der Waals surface area contributed by atoms with E-state index in [1.165, 1.54) is 128 Å². The zero-order valence-electron chi connectivity index (χ0n) is 18.2. The van der Waals surface area contributed by atoms with Gasteiger partial charge in [0.25, 0.3) is 0 Å². The summed E-state index contributed by atoms with van der Waals surface area (Å²) in [7, 11) is 3.33. The van der Waals surface area contributed by atoms with Crippen molar-refractivity contribution in [2.45, 2.75) is 154 Å². The van der Waals surface area contributed by atoms with Gasteiger partial charge in [-0.05, 0) is 24.4 Å². The molecule has 0 nitrogen and oxygen atoms in total. The van der Waals surface area contributed by atoms with Gasteiger partial charge in [-0.25, -0.2) is 0 Å². The molecule has 0 radical (unpaired) electrons. The van der Waals surface area contributed by atoms with E-state index in [0.717, 1.165) is 0 Å². The summed E-state index contributed by atoms with van der Waals surface area (Å²) in [6.45, 7) is 6.94. The molecule has 0 aliphatic rings. The number of unbranched alkanes of at least 4 members (excludes halogenated alkanes) is 14. The van der Waals surface area contributed by atoms with Crippen LogP contribution in [0.2, 0.25) is 0 Å². The summed E-state index contributed by atoms with van der Waals surface area (Å²) in [6.07, 6.45) is 28.8. The summed E-state index contributed by atoms with van der Waals surface area (Å²) in [5.41, 5.74) is 0. The topological polar surface area (TPSA) is 0 Å². The molecule has 0 aromatic heterocycles. The van der Waals surface area contributed by atoms with Crippen molar-refractivity contribution in [1.82, 2.24) is 0 Å². The van der Waals surface area contributed by atoms with E-state index in [1.54, 1.807) is 0 Å². The van der Waals surface area contributed by atoms with Gasteiger partial charge in [-0.1, -0.05) is 130 Å². The van der Waals surface area contributed by atoms with Crippen LogP contribution in [0.25, 0.3) is 0 Å².